The molecular formula is C12H17ClN2O. The Morgan fingerprint density at radius 3 is 3.06 bits per heavy atom. The molecule has 1 fully saturated rings. The van der Waals surface area contributed by atoms with E-state index in [1.165, 1.54) is 5.56 Å². The number of aromatic nitrogens is 1. The molecule has 0 aromatic carbocycles. The van der Waals surface area contributed by atoms with Crippen molar-refractivity contribution in [1.82, 2.24) is 4.98 Å². The maximum absolute atomic E-state index is 5.79. The van der Waals surface area contributed by atoms with E-state index < -0.39 is 0 Å². The lowest BCUT2D eigenvalue weighted by Gasteiger charge is -2.22. The van der Waals surface area contributed by atoms with Gasteiger partial charge in [0.05, 0.1) is 6.61 Å². The first-order valence-corrected chi connectivity index (χ1v) is 6.19. The minimum absolute atomic E-state index is 0.525. The van der Waals surface area contributed by atoms with E-state index in [0.29, 0.717) is 5.88 Å². The van der Waals surface area contributed by atoms with Crippen LogP contribution in [0, 0.1) is 6.92 Å². The van der Waals surface area contributed by atoms with E-state index in [9.17, 15) is 0 Å². The first-order valence-electron chi connectivity index (χ1n) is 5.65. The molecule has 0 radical (unpaired) electrons. The Hall–Kier alpha value is -0.800. The Kier molecular flexibility index (Phi) is 4.02. The van der Waals surface area contributed by atoms with Crippen LogP contribution in [0.1, 0.15) is 17.5 Å². The Balaban J connectivity index is 2.18. The summed E-state index contributed by atoms with van der Waals surface area (Å²) in [5.74, 6) is 1.59. The third-order valence-corrected chi connectivity index (χ3v) is 3.09. The summed E-state index contributed by atoms with van der Waals surface area (Å²) in [6.07, 6.45) is 2.93. The van der Waals surface area contributed by atoms with Crippen LogP contribution < -0.4 is 4.90 Å². The summed E-state index contributed by atoms with van der Waals surface area (Å²) in [6, 6.07) is 2.11. The van der Waals surface area contributed by atoms with Gasteiger partial charge in [0, 0.05) is 31.8 Å². The molecule has 1 saturated heterocycles. The highest BCUT2D eigenvalue weighted by Gasteiger charge is 2.13. The number of hydrogen-bond acceptors (Lipinski definition) is 3. The van der Waals surface area contributed by atoms with E-state index in [2.05, 4.69) is 22.9 Å². The summed E-state index contributed by atoms with van der Waals surface area (Å²) in [4.78, 5) is 6.79. The highest BCUT2D eigenvalue weighted by molar-refractivity contribution is 6.17. The molecule has 0 atom stereocenters. The highest BCUT2D eigenvalue weighted by atomic mass is 35.5. The average Bonchev–Trinajstić information content (AvgIpc) is 2.57. The second-order valence-electron chi connectivity index (χ2n) is 4.07. The number of rotatable bonds is 2. The number of pyridine rings is 1. The van der Waals surface area contributed by atoms with Crippen LogP contribution in [0.25, 0.3) is 0 Å². The quantitative estimate of drug-likeness (QED) is 0.742. The van der Waals surface area contributed by atoms with Crippen molar-refractivity contribution in [2.24, 2.45) is 0 Å². The summed E-state index contributed by atoms with van der Waals surface area (Å²) >= 11 is 5.79. The zero-order valence-corrected chi connectivity index (χ0v) is 10.3. The SMILES string of the molecule is Cc1cc(CCl)cnc1N1CCCOCC1. The van der Waals surface area contributed by atoms with E-state index in [-0.39, 0.29) is 0 Å². The fourth-order valence-electron chi connectivity index (χ4n) is 1.99. The number of aryl methyl sites for hydroxylation is 1. The Bertz CT molecular complexity index is 349. The van der Waals surface area contributed by atoms with Crippen LogP contribution in [0.2, 0.25) is 0 Å². The van der Waals surface area contributed by atoms with Gasteiger partial charge in [-0.2, -0.15) is 0 Å². The zero-order valence-electron chi connectivity index (χ0n) is 9.58. The van der Waals surface area contributed by atoms with Crippen molar-refractivity contribution in [3.05, 3.63) is 23.4 Å². The Labute approximate surface area is 101 Å². The van der Waals surface area contributed by atoms with Gasteiger partial charge < -0.3 is 9.64 Å². The van der Waals surface area contributed by atoms with Crippen LogP contribution in [0.5, 0.6) is 0 Å². The molecule has 1 aliphatic rings. The lowest BCUT2D eigenvalue weighted by Crippen LogP contribution is -2.27. The van der Waals surface area contributed by atoms with Gasteiger partial charge in [-0.25, -0.2) is 4.98 Å². The molecule has 1 aromatic heterocycles. The Morgan fingerprint density at radius 2 is 2.31 bits per heavy atom. The standard InChI is InChI=1S/C12H17ClN2O/c1-10-7-11(8-13)9-14-12(10)15-3-2-5-16-6-4-15/h7,9H,2-6,8H2,1H3. The summed E-state index contributed by atoms with van der Waals surface area (Å²) in [7, 11) is 0. The van der Waals surface area contributed by atoms with E-state index >= 15 is 0 Å². The maximum atomic E-state index is 5.79. The third kappa shape index (κ3) is 2.66. The summed E-state index contributed by atoms with van der Waals surface area (Å²) < 4.78 is 5.44. The first kappa shape index (κ1) is 11.7. The van der Waals surface area contributed by atoms with Crippen molar-refractivity contribution < 1.29 is 4.74 Å². The fraction of sp³-hybridized carbons (Fsp3) is 0.583. The van der Waals surface area contributed by atoms with Gasteiger partial charge in [0.1, 0.15) is 5.82 Å². The molecule has 0 spiro atoms. The van der Waals surface area contributed by atoms with Crippen molar-refractivity contribution in [2.75, 3.05) is 31.2 Å². The van der Waals surface area contributed by atoms with Gasteiger partial charge in [-0.15, -0.1) is 11.6 Å². The molecule has 4 heteroatoms. The van der Waals surface area contributed by atoms with Crippen molar-refractivity contribution in [1.29, 1.82) is 0 Å². The van der Waals surface area contributed by atoms with E-state index in [4.69, 9.17) is 16.3 Å². The topological polar surface area (TPSA) is 25.4 Å². The first-order chi connectivity index (χ1) is 7.81. The molecule has 1 aromatic rings. The normalized spacial score (nSPS) is 17.2. The van der Waals surface area contributed by atoms with Gasteiger partial charge in [0.25, 0.3) is 0 Å². The molecule has 0 unspecified atom stereocenters. The lowest BCUT2D eigenvalue weighted by molar-refractivity contribution is 0.152. The van der Waals surface area contributed by atoms with Gasteiger partial charge in [0.15, 0.2) is 0 Å². The monoisotopic (exact) mass is 240 g/mol. The maximum Gasteiger partial charge on any atom is 0.131 e. The highest BCUT2D eigenvalue weighted by Crippen LogP contribution is 2.19. The molecule has 1 aliphatic heterocycles. The molecule has 16 heavy (non-hydrogen) atoms. The van der Waals surface area contributed by atoms with Crippen molar-refractivity contribution in [3.63, 3.8) is 0 Å². The van der Waals surface area contributed by atoms with Crippen LogP contribution in [-0.4, -0.2) is 31.3 Å². The smallest absolute Gasteiger partial charge is 0.131 e. The average molecular weight is 241 g/mol. The van der Waals surface area contributed by atoms with Gasteiger partial charge in [-0.1, -0.05) is 0 Å². The second kappa shape index (κ2) is 5.51. The van der Waals surface area contributed by atoms with Gasteiger partial charge in [-0.05, 0) is 30.5 Å². The summed E-state index contributed by atoms with van der Waals surface area (Å²) in [5, 5.41) is 0. The molecule has 2 heterocycles. The van der Waals surface area contributed by atoms with Crippen molar-refractivity contribution in [3.8, 4) is 0 Å². The fourth-order valence-corrected chi connectivity index (χ4v) is 2.13. The molecule has 2 rings (SSSR count). The minimum atomic E-state index is 0.525. The number of halogens is 1. The number of anilines is 1. The summed E-state index contributed by atoms with van der Waals surface area (Å²) in [6.45, 7) is 5.68. The summed E-state index contributed by atoms with van der Waals surface area (Å²) in [5.41, 5.74) is 2.27. The Morgan fingerprint density at radius 1 is 1.44 bits per heavy atom. The lowest BCUT2D eigenvalue weighted by atomic mass is 10.2. The van der Waals surface area contributed by atoms with Crippen LogP contribution in [0.4, 0.5) is 5.82 Å². The number of hydrogen-bond donors (Lipinski definition) is 0. The van der Waals surface area contributed by atoms with Crippen molar-refractivity contribution in [2.45, 2.75) is 19.2 Å². The molecule has 0 aliphatic carbocycles. The molecular weight excluding hydrogens is 224 g/mol. The van der Waals surface area contributed by atoms with Crippen LogP contribution >= 0.6 is 11.6 Å². The van der Waals surface area contributed by atoms with E-state index in [0.717, 1.165) is 44.1 Å². The van der Waals surface area contributed by atoms with Crippen LogP contribution in [0.3, 0.4) is 0 Å². The van der Waals surface area contributed by atoms with Gasteiger partial charge in [0.2, 0.25) is 0 Å². The second-order valence-corrected chi connectivity index (χ2v) is 4.34. The molecule has 0 N–H and O–H groups in total. The predicted molar refractivity (Wildman–Crippen MR) is 66.2 cm³/mol. The minimum Gasteiger partial charge on any atom is -0.380 e. The van der Waals surface area contributed by atoms with E-state index in [1.807, 2.05) is 6.20 Å². The molecule has 3 nitrogen and oxygen atoms in total. The molecule has 0 amide bonds. The van der Waals surface area contributed by atoms with Gasteiger partial charge in [-0.3, -0.25) is 0 Å². The number of nitrogens with zero attached hydrogens (tertiary/aromatic N) is 2. The molecule has 88 valence electrons. The predicted octanol–water partition coefficient (Wildman–Crippen LogP) is 2.36. The van der Waals surface area contributed by atoms with Gasteiger partial charge >= 0.3 is 0 Å². The van der Waals surface area contributed by atoms with Crippen LogP contribution in [0.15, 0.2) is 12.3 Å². The number of ether oxygens (including phenoxy) is 1. The van der Waals surface area contributed by atoms with E-state index in [1.54, 1.807) is 0 Å². The number of alkyl halides is 1. The molecule has 0 bridgehead atoms. The third-order valence-electron chi connectivity index (χ3n) is 2.78. The molecule has 0 saturated carbocycles. The van der Waals surface area contributed by atoms with Crippen molar-refractivity contribution >= 4 is 17.4 Å². The largest absolute Gasteiger partial charge is 0.380 e. The zero-order chi connectivity index (χ0) is 11.4. The van der Waals surface area contributed by atoms with Crippen LogP contribution in [-0.2, 0) is 10.6 Å².